The van der Waals surface area contributed by atoms with Gasteiger partial charge in [0.25, 0.3) is 0 Å². The molecule has 0 unspecified atom stereocenters. The van der Waals surface area contributed by atoms with E-state index in [1.165, 1.54) is 6.92 Å². The van der Waals surface area contributed by atoms with Gasteiger partial charge < -0.3 is 0 Å². The van der Waals surface area contributed by atoms with Crippen molar-refractivity contribution in [3.63, 3.8) is 0 Å². The molecule has 0 heterocycles. The highest BCUT2D eigenvalue weighted by molar-refractivity contribution is 7.92. The van der Waals surface area contributed by atoms with E-state index in [-0.39, 0.29) is 5.75 Å². The summed E-state index contributed by atoms with van der Waals surface area (Å²) in [5.74, 6) is -0.0903. The molecule has 0 atom stereocenters. The van der Waals surface area contributed by atoms with Gasteiger partial charge >= 0.3 is 0 Å². The van der Waals surface area contributed by atoms with Gasteiger partial charge in [-0.05, 0) is 0 Å². The van der Waals surface area contributed by atoms with E-state index in [4.69, 9.17) is 9.11 Å². The van der Waals surface area contributed by atoms with Crippen molar-refractivity contribution >= 4 is 10.5 Å². The fourth-order valence-corrected chi connectivity index (χ4v) is 0. The van der Waals surface area contributed by atoms with E-state index in [0.717, 1.165) is 0 Å². The summed E-state index contributed by atoms with van der Waals surface area (Å²) in [4.78, 5) is 0. The molecule has 0 saturated heterocycles. The smallest absolute Gasteiger partial charge is 0.176 e. The van der Waals surface area contributed by atoms with Gasteiger partial charge in [-0.25, -0.2) is 4.21 Å². The molecule has 6 heavy (non-hydrogen) atoms. The Hall–Kier alpha value is 0.0700. The van der Waals surface area contributed by atoms with Crippen LogP contribution in [0, 0.1) is 0 Å². The van der Waals surface area contributed by atoms with Crippen LogP contribution < -0.4 is 0 Å². The van der Waals surface area contributed by atoms with Gasteiger partial charge in [0.05, 0.1) is 5.75 Å². The Morgan fingerprint density at radius 3 is 1.83 bits per heavy atom. The summed E-state index contributed by atoms with van der Waals surface area (Å²) >= 11 is 0. The van der Waals surface area contributed by atoms with Crippen LogP contribution in [-0.2, 0) is 10.5 Å². The largest absolute Gasteiger partial charge is 0.297 e. The Morgan fingerprint density at radius 2 is 1.83 bits per heavy atom. The first kappa shape index (κ1) is 6.07. The van der Waals surface area contributed by atoms with Gasteiger partial charge in [-0.1, -0.05) is 6.92 Å². The second kappa shape index (κ2) is 1.68. The third-order valence-corrected chi connectivity index (χ3v) is 1.13. The van der Waals surface area contributed by atoms with Crippen LogP contribution in [0.5, 0.6) is 0 Å². The molecule has 4 heteroatoms. The Balaban J connectivity index is 3.48. The predicted octanol–water partition coefficient (Wildman–Crippen LogP) is 0.237. The molecule has 0 bridgehead atoms. The Kier molecular flexibility index (Phi) is 1.70. The fourth-order valence-electron chi connectivity index (χ4n) is 0. The SMILES string of the molecule is CC[S](=O)(O)O. The lowest BCUT2D eigenvalue weighted by Crippen LogP contribution is -2.09. The summed E-state index contributed by atoms with van der Waals surface area (Å²) in [5.41, 5.74) is 0. The molecular weight excluding hydrogens is 104 g/mol. The van der Waals surface area contributed by atoms with Crippen LogP contribution in [0.2, 0.25) is 0 Å². The number of rotatable bonds is 1. The maximum absolute atomic E-state index is 9.67. The van der Waals surface area contributed by atoms with Gasteiger partial charge in [-0.15, -0.1) is 0 Å². The lowest BCUT2D eigenvalue weighted by Gasteiger charge is -1.97. The van der Waals surface area contributed by atoms with Crippen LogP contribution in [0.15, 0.2) is 0 Å². The monoisotopic (exact) mass is 111 g/mol. The van der Waals surface area contributed by atoms with Crippen molar-refractivity contribution in [3.8, 4) is 0 Å². The third kappa shape index (κ3) is 4.07. The van der Waals surface area contributed by atoms with Crippen LogP contribution in [0.4, 0.5) is 0 Å². The second-order valence-corrected chi connectivity index (χ2v) is 2.69. The summed E-state index contributed by atoms with van der Waals surface area (Å²) in [6, 6.07) is 0. The van der Waals surface area contributed by atoms with E-state index in [9.17, 15) is 4.21 Å². The minimum absolute atomic E-state index is 0.0903. The van der Waals surface area contributed by atoms with E-state index in [0.29, 0.717) is 0 Å². The molecular formula is C2H7O3S. The summed E-state index contributed by atoms with van der Waals surface area (Å²) in [6.07, 6.45) is 0. The van der Waals surface area contributed by atoms with Crippen molar-refractivity contribution in [1.82, 2.24) is 0 Å². The highest BCUT2D eigenvalue weighted by atomic mass is 32.3. The fraction of sp³-hybridized carbons (Fsp3) is 1.00. The van der Waals surface area contributed by atoms with Gasteiger partial charge in [-0.2, -0.15) is 0 Å². The summed E-state index contributed by atoms with van der Waals surface area (Å²) in [5, 5.41) is 0. The number of hydrogen-bond donors (Lipinski definition) is 2. The van der Waals surface area contributed by atoms with Crippen molar-refractivity contribution in [2.75, 3.05) is 5.75 Å². The van der Waals surface area contributed by atoms with Crippen molar-refractivity contribution in [2.45, 2.75) is 6.92 Å². The van der Waals surface area contributed by atoms with Crippen LogP contribution in [0.3, 0.4) is 0 Å². The molecule has 0 spiro atoms. The van der Waals surface area contributed by atoms with Crippen molar-refractivity contribution in [1.29, 1.82) is 0 Å². The molecule has 2 N–H and O–H groups in total. The van der Waals surface area contributed by atoms with Gasteiger partial charge in [0, 0.05) is 0 Å². The van der Waals surface area contributed by atoms with Gasteiger partial charge in [-0.3, -0.25) is 9.11 Å². The molecule has 0 aromatic heterocycles. The molecule has 0 aromatic carbocycles. The minimum atomic E-state index is -3.41. The third-order valence-electron chi connectivity index (χ3n) is 0.376. The predicted molar refractivity (Wildman–Crippen MR) is 23.9 cm³/mol. The van der Waals surface area contributed by atoms with E-state index >= 15 is 0 Å². The zero-order valence-corrected chi connectivity index (χ0v) is 4.23. The van der Waals surface area contributed by atoms with Crippen LogP contribution in [0.25, 0.3) is 0 Å². The lowest BCUT2D eigenvalue weighted by atomic mass is 11.0. The molecule has 0 aliphatic carbocycles. The van der Waals surface area contributed by atoms with Gasteiger partial charge in [0.1, 0.15) is 0 Å². The Morgan fingerprint density at radius 1 is 1.67 bits per heavy atom. The Bertz CT molecular complexity index is 72.9. The average molecular weight is 111 g/mol. The van der Waals surface area contributed by atoms with Crippen LogP contribution >= 0.6 is 0 Å². The molecule has 3 nitrogen and oxygen atoms in total. The quantitative estimate of drug-likeness (QED) is 0.509. The van der Waals surface area contributed by atoms with E-state index in [1.54, 1.807) is 0 Å². The molecule has 0 aliphatic rings. The van der Waals surface area contributed by atoms with Gasteiger partial charge in [0.2, 0.25) is 0 Å². The zero-order valence-electron chi connectivity index (χ0n) is 3.42. The standard InChI is InChI=1S/C2H7O3S/c1-2-6(3,4)5/h2H2,1H3,(H2,3,4,5). The topological polar surface area (TPSA) is 57.5 Å². The summed E-state index contributed by atoms with van der Waals surface area (Å²) in [7, 11) is -3.41. The summed E-state index contributed by atoms with van der Waals surface area (Å²) < 4.78 is 25.5. The average Bonchev–Trinajstić information content (AvgIpc) is 1.35. The van der Waals surface area contributed by atoms with Gasteiger partial charge in [0.15, 0.2) is 10.5 Å². The van der Waals surface area contributed by atoms with Crippen molar-refractivity contribution < 1.29 is 13.3 Å². The number of hydrogen-bond acceptors (Lipinski definition) is 1. The molecule has 0 aromatic rings. The summed E-state index contributed by atoms with van der Waals surface area (Å²) in [6.45, 7) is 1.43. The molecule has 1 radical (unpaired) electrons. The first-order valence-electron chi connectivity index (χ1n) is 1.53. The highest BCUT2D eigenvalue weighted by Gasteiger charge is 1.98. The highest BCUT2D eigenvalue weighted by Crippen LogP contribution is 1.85. The van der Waals surface area contributed by atoms with E-state index in [2.05, 4.69) is 0 Å². The first-order valence-corrected chi connectivity index (χ1v) is 3.17. The maximum atomic E-state index is 9.67. The molecule has 0 amide bonds. The maximum Gasteiger partial charge on any atom is 0.176 e. The molecule has 0 fully saturated rings. The normalized spacial score (nSPS) is 11.8. The van der Waals surface area contributed by atoms with Crippen LogP contribution in [0.1, 0.15) is 6.92 Å². The zero-order chi connectivity index (χ0) is 5.21. The van der Waals surface area contributed by atoms with E-state index < -0.39 is 10.5 Å². The second-order valence-electron chi connectivity index (χ2n) is 0.895. The van der Waals surface area contributed by atoms with Crippen molar-refractivity contribution in [2.24, 2.45) is 0 Å². The first-order chi connectivity index (χ1) is 2.56. The Labute approximate surface area is 37.5 Å². The minimum Gasteiger partial charge on any atom is -0.297 e. The molecule has 0 rings (SSSR count). The van der Waals surface area contributed by atoms with E-state index in [1.807, 2.05) is 0 Å². The lowest BCUT2D eigenvalue weighted by molar-refractivity contribution is 0.425. The molecule has 0 saturated carbocycles. The molecule has 0 aliphatic heterocycles. The van der Waals surface area contributed by atoms with Crippen molar-refractivity contribution in [3.05, 3.63) is 0 Å². The molecule has 39 valence electrons. The van der Waals surface area contributed by atoms with Crippen LogP contribution in [-0.4, -0.2) is 19.1 Å².